The second kappa shape index (κ2) is 10.6. The molecule has 2 heterocycles. The molecule has 192 valence electrons. The third-order valence-corrected chi connectivity index (χ3v) is 6.62. The summed E-state index contributed by atoms with van der Waals surface area (Å²) in [4.78, 5) is 32.3. The highest BCUT2D eigenvalue weighted by atomic mass is 16.5. The van der Waals surface area contributed by atoms with Crippen LogP contribution >= 0.6 is 0 Å². The predicted molar refractivity (Wildman–Crippen MR) is 144 cm³/mol. The Morgan fingerprint density at radius 3 is 2.41 bits per heavy atom. The quantitative estimate of drug-likeness (QED) is 0.242. The third-order valence-electron chi connectivity index (χ3n) is 6.62. The van der Waals surface area contributed by atoms with E-state index >= 15 is 0 Å². The Bertz CT molecular complexity index is 1320. The molecule has 0 aliphatic carbocycles. The smallest absolute Gasteiger partial charge is 0.295 e. The van der Waals surface area contributed by atoms with Crippen molar-refractivity contribution >= 4 is 17.4 Å². The van der Waals surface area contributed by atoms with Crippen molar-refractivity contribution < 1.29 is 19.4 Å². The Morgan fingerprint density at radius 2 is 1.81 bits per heavy atom. The molecule has 37 heavy (non-hydrogen) atoms. The fourth-order valence-corrected chi connectivity index (χ4v) is 4.57. The third kappa shape index (κ3) is 5.43. The van der Waals surface area contributed by atoms with E-state index < -0.39 is 17.7 Å². The average Bonchev–Trinajstić information content (AvgIpc) is 3.12. The number of ether oxygens (including phenoxy) is 1. The summed E-state index contributed by atoms with van der Waals surface area (Å²) in [6, 6.07) is 16.1. The van der Waals surface area contributed by atoms with Crippen LogP contribution in [0.1, 0.15) is 68.0 Å². The molecular formula is C31H34N2O4. The minimum atomic E-state index is -0.731. The Kier molecular flexibility index (Phi) is 7.48. The molecule has 1 aromatic heterocycles. The highest BCUT2D eigenvalue weighted by molar-refractivity contribution is 6.46. The summed E-state index contributed by atoms with van der Waals surface area (Å²) in [6.45, 7) is 11.1. The molecule has 1 atom stereocenters. The van der Waals surface area contributed by atoms with Gasteiger partial charge in [-0.3, -0.25) is 14.6 Å². The number of hydrogen-bond donors (Lipinski definition) is 1. The normalized spacial score (nSPS) is 17.3. The number of amides is 1. The molecular weight excluding hydrogens is 464 g/mol. The highest BCUT2D eigenvalue weighted by Crippen LogP contribution is 2.41. The Labute approximate surface area is 218 Å². The van der Waals surface area contributed by atoms with Gasteiger partial charge in [-0.2, -0.15) is 0 Å². The van der Waals surface area contributed by atoms with Crippen LogP contribution in [-0.4, -0.2) is 33.3 Å². The van der Waals surface area contributed by atoms with Crippen LogP contribution in [0.2, 0.25) is 0 Å². The molecule has 1 aliphatic heterocycles. The van der Waals surface area contributed by atoms with Crippen LogP contribution in [0.15, 0.2) is 72.6 Å². The number of aromatic nitrogens is 1. The Morgan fingerprint density at radius 1 is 1.08 bits per heavy atom. The number of aryl methyl sites for hydroxylation is 1. The second-order valence-corrected chi connectivity index (χ2v) is 10.5. The molecule has 6 heteroatoms. The lowest BCUT2D eigenvalue weighted by molar-refractivity contribution is -0.140. The van der Waals surface area contributed by atoms with Gasteiger partial charge in [0.05, 0.1) is 18.2 Å². The van der Waals surface area contributed by atoms with Gasteiger partial charge in [0.2, 0.25) is 0 Å². The molecule has 1 N–H and O–H groups in total. The lowest BCUT2D eigenvalue weighted by atomic mass is 9.85. The van der Waals surface area contributed by atoms with Crippen molar-refractivity contribution in [2.75, 3.05) is 6.61 Å². The van der Waals surface area contributed by atoms with Crippen LogP contribution in [0.4, 0.5) is 0 Å². The maximum absolute atomic E-state index is 13.4. The van der Waals surface area contributed by atoms with Gasteiger partial charge >= 0.3 is 0 Å². The monoisotopic (exact) mass is 498 g/mol. The summed E-state index contributed by atoms with van der Waals surface area (Å²) in [6.07, 6.45) is 4.23. The number of rotatable bonds is 7. The molecule has 2 aromatic carbocycles. The summed E-state index contributed by atoms with van der Waals surface area (Å²) in [5.41, 5.74) is 4.05. The molecule has 6 nitrogen and oxygen atoms in total. The van der Waals surface area contributed by atoms with Gasteiger partial charge in [-0.15, -0.1) is 0 Å². The molecule has 0 radical (unpaired) electrons. The van der Waals surface area contributed by atoms with Crippen LogP contribution in [0.5, 0.6) is 5.75 Å². The molecule has 3 aromatic rings. The number of nitrogens with zero attached hydrogens (tertiary/aromatic N) is 2. The first-order valence-electron chi connectivity index (χ1n) is 12.6. The average molecular weight is 499 g/mol. The molecule has 1 amide bonds. The summed E-state index contributed by atoms with van der Waals surface area (Å²) in [5, 5.41) is 11.4. The standard InChI is InChI=1S/C31H34N2O4/c1-6-16-37-25-14-11-23(17-20(25)2)28(34)26-27(22-9-12-24(13-10-22)31(3,4)5)33(30(36)29(26)35)19-21-8-7-15-32-18-21/h7-15,17-18,27,34H,6,16,19H2,1-5H3/b28-26+. The Hall–Kier alpha value is -3.93. The van der Waals surface area contributed by atoms with E-state index in [2.05, 4.69) is 25.8 Å². The number of carbonyl (C=O) groups is 2. The second-order valence-electron chi connectivity index (χ2n) is 10.5. The van der Waals surface area contributed by atoms with Crippen molar-refractivity contribution in [1.29, 1.82) is 0 Å². The fraction of sp³-hybridized carbons (Fsp3) is 0.323. The van der Waals surface area contributed by atoms with Crippen molar-refractivity contribution in [3.05, 3.63) is 100 Å². The van der Waals surface area contributed by atoms with E-state index in [9.17, 15) is 14.7 Å². The number of Topliss-reactive ketones (excluding diaryl/α,β-unsaturated/α-hetero) is 1. The van der Waals surface area contributed by atoms with Crippen molar-refractivity contribution in [1.82, 2.24) is 9.88 Å². The van der Waals surface area contributed by atoms with Gasteiger partial charge in [0, 0.05) is 24.5 Å². The van der Waals surface area contributed by atoms with Gasteiger partial charge in [-0.25, -0.2) is 0 Å². The van der Waals surface area contributed by atoms with Gasteiger partial charge in [-0.05, 0) is 65.3 Å². The SMILES string of the molecule is CCCOc1ccc(/C(O)=C2\C(=O)C(=O)N(Cc3cccnc3)C2c2ccc(C(C)(C)C)cc2)cc1C. The minimum Gasteiger partial charge on any atom is -0.507 e. The minimum absolute atomic E-state index is 0.0465. The van der Waals surface area contributed by atoms with Crippen LogP contribution < -0.4 is 4.74 Å². The van der Waals surface area contributed by atoms with Gasteiger partial charge in [0.15, 0.2) is 0 Å². The lowest BCUT2D eigenvalue weighted by Gasteiger charge is -2.26. The van der Waals surface area contributed by atoms with E-state index in [0.717, 1.165) is 34.4 Å². The van der Waals surface area contributed by atoms with E-state index in [1.54, 1.807) is 36.7 Å². The molecule has 4 rings (SSSR count). The first-order chi connectivity index (χ1) is 17.6. The maximum Gasteiger partial charge on any atom is 0.295 e. The number of ketones is 1. The zero-order valence-electron chi connectivity index (χ0n) is 22.1. The van der Waals surface area contributed by atoms with Crippen molar-refractivity contribution in [2.24, 2.45) is 0 Å². The summed E-state index contributed by atoms with van der Waals surface area (Å²) < 4.78 is 5.76. The zero-order chi connectivity index (χ0) is 26.7. The van der Waals surface area contributed by atoms with Crippen LogP contribution in [0.25, 0.3) is 5.76 Å². The van der Waals surface area contributed by atoms with Gasteiger partial charge in [-0.1, -0.05) is 58.0 Å². The molecule has 0 saturated carbocycles. The number of likely N-dealkylation sites (tertiary alicyclic amines) is 1. The largest absolute Gasteiger partial charge is 0.507 e. The maximum atomic E-state index is 13.4. The molecule has 1 saturated heterocycles. The van der Waals surface area contributed by atoms with Gasteiger partial charge in [0.25, 0.3) is 11.7 Å². The first kappa shape index (κ1) is 26.1. The molecule has 0 bridgehead atoms. The van der Waals surface area contributed by atoms with Crippen molar-refractivity contribution in [3.8, 4) is 5.75 Å². The highest BCUT2D eigenvalue weighted by Gasteiger charge is 2.46. The van der Waals surface area contributed by atoms with Crippen LogP contribution in [0, 0.1) is 6.92 Å². The number of benzene rings is 2. The molecule has 1 unspecified atom stereocenters. The topological polar surface area (TPSA) is 79.7 Å². The zero-order valence-corrected chi connectivity index (χ0v) is 22.1. The summed E-state index contributed by atoms with van der Waals surface area (Å²) in [5.74, 6) is -0.808. The van der Waals surface area contributed by atoms with E-state index in [4.69, 9.17) is 4.74 Å². The summed E-state index contributed by atoms with van der Waals surface area (Å²) in [7, 11) is 0. The number of aliphatic hydroxyl groups is 1. The summed E-state index contributed by atoms with van der Waals surface area (Å²) >= 11 is 0. The first-order valence-corrected chi connectivity index (χ1v) is 12.6. The number of carbonyl (C=O) groups excluding carboxylic acids is 2. The molecule has 1 fully saturated rings. The number of aliphatic hydroxyl groups excluding tert-OH is 1. The fourth-order valence-electron chi connectivity index (χ4n) is 4.57. The number of hydrogen-bond acceptors (Lipinski definition) is 5. The van der Waals surface area contributed by atoms with E-state index in [0.29, 0.717) is 12.2 Å². The van der Waals surface area contributed by atoms with Gasteiger partial charge < -0.3 is 14.7 Å². The van der Waals surface area contributed by atoms with Crippen molar-refractivity contribution in [3.63, 3.8) is 0 Å². The van der Waals surface area contributed by atoms with E-state index in [1.165, 1.54) is 4.90 Å². The van der Waals surface area contributed by atoms with E-state index in [1.807, 2.05) is 44.2 Å². The molecule has 0 spiro atoms. The van der Waals surface area contributed by atoms with Crippen LogP contribution in [-0.2, 0) is 21.5 Å². The molecule has 1 aliphatic rings. The van der Waals surface area contributed by atoms with E-state index in [-0.39, 0.29) is 23.3 Å². The number of pyridine rings is 1. The Balaban J connectivity index is 1.82. The predicted octanol–water partition coefficient (Wildman–Crippen LogP) is 6.10. The van der Waals surface area contributed by atoms with Gasteiger partial charge in [0.1, 0.15) is 11.5 Å². The van der Waals surface area contributed by atoms with Crippen LogP contribution in [0.3, 0.4) is 0 Å². The lowest BCUT2D eigenvalue weighted by Crippen LogP contribution is -2.29. The van der Waals surface area contributed by atoms with Crippen molar-refractivity contribution in [2.45, 2.75) is 59.0 Å².